The second-order valence-corrected chi connectivity index (χ2v) is 8.09. The molecule has 3 heterocycles. The molecule has 0 aliphatic carbocycles. The molecule has 0 unspecified atom stereocenters. The number of hydrogen-bond acceptors (Lipinski definition) is 3. The summed E-state index contributed by atoms with van der Waals surface area (Å²) >= 11 is 0. The molecule has 1 aromatic carbocycles. The molecule has 0 spiro atoms. The molecule has 8 heteroatoms. The van der Waals surface area contributed by atoms with E-state index in [4.69, 9.17) is 0 Å². The van der Waals surface area contributed by atoms with E-state index in [0.29, 0.717) is 32.4 Å². The Morgan fingerprint density at radius 3 is 2.33 bits per heavy atom. The summed E-state index contributed by atoms with van der Waals surface area (Å²) in [6, 6.07) is 5.97. The predicted molar refractivity (Wildman–Crippen MR) is 106 cm³/mol. The van der Waals surface area contributed by atoms with Gasteiger partial charge in [-0.15, -0.1) is 0 Å². The van der Waals surface area contributed by atoms with Crippen molar-refractivity contribution in [3.8, 4) is 0 Å². The molecule has 160 valence electrons. The number of piperidine rings is 1. The lowest BCUT2D eigenvalue weighted by atomic mass is 9.92. The smallest absolute Gasteiger partial charge is 0.343 e. The number of aromatic nitrogens is 1. The van der Waals surface area contributed by atoms with Gasteiger partial charge in [-0.2, -0.15) is 13.2 Å². The van der Waals surface area contributed by atoms with E-state index in [0.717, 1.165) is 32.1 Å². The number of rotatable bonds is 3. The molecule has 0 saturated carbocycles. The van der Waals surface area contributed by atoms with Gasteiger partial charge in [0.1, 0.15) is 0 Å². The number of likely N-dealkylation sites (tertiary alicyclic amines) is 2. The van der Waals surface area contributed by atoms with Crippen molar-refractivity contribution in [1.82, 2.24) is 14.8 Å². The quantitative estimate of drug-likeness (QED) is 0.752. The molecule has 2 aliphatic heterocycles. The molecule has 2 aromatic rings. The first-order chi connectivity index (χ1) is 14.3. The highest BCUT2D eigenvalue weighted by molar-refractivity contribution is 6.00. The number of nitrogens with zero attached hydrogens (tertiary/aromatic N) is 3. The standard InChI is InChI=1S/C22H24F3N3O2/c23-22(24,25)20-16-5-1-2-6-18(16)26-14-17(20)21(30)28-11-7-15(8-12-28)13-19(29)27-9-3-4-10-27/h1-2,5-6,14-15H,3-4,7-13H2. The number of carbonyl (C=O) groups excluding carboxylic acids is 2. The number of pyridine rings is 1. The number of amides is 2. The van der Waals surface area contributed by atoms with Crippen molar-refractivity contribution in [1.29, 1.82) is 0 Å². The first-order valence-electron chi connectivity index (χ1n) is 10.4. The van der Waals surface area contributed by atoms with Gasteiger partial charge >= 0.3 is 6.18 Å². The Morgan fingerprint density at radius 1 is 1.00 bits per heavy atom. The second-order valence-electron chi connectivity index (χ2n) is 8.09. The highest BCUT2D eigenvalue weighted by atomic mass is 19.4. The van der Waals surface area contributed by atoms with E-state index in [2.05, 4.69) is 4.98 Å². The molecule has 2 fully saturated rings. The van der Waals surface area contributed by atoms with Crippen molar-refractivity contribution in [2.75, 3.05) is 26.2 Å². The number of fused-ring (bicyclic) bond motifs is 1. The monoisotopic (exact) mass is 419 g/mol. The van der Waals surface area contributed by atoms with Gasteiger partial charge in [0, 0.05) is 44.2 Å². The third kappa shape index (κ3) is 4.13. The van der Waals surface area contributed by atoms with Crippen LogP contribution >= 0.6 is 0 Å². The zero-order valence-corrected chi connectivity index (χ0v) is 16.6. The number of carbonyl (C=O) groups is 2. The van der Waals surface area contributed by atoms with Crippen molar-refractivity contribution < 1.29 is 22.8 Å². The van der Waals surface area contributed by atoms with Crippen molar-refractivity contribution >= 4 is 22.7 Å². The lowest BCUT2D eigenvalue weighted by molar-refractivity contribution is -0.137. The predicted octanol–water partition coefficient (Wildman–Crippen LogP) is 4.12. The van der Waals surface area contributed by atoms with Crippen LogP contribution in [0.25, 0.3) is 10.9 Å². The SMILES string of the molecule is O=C(CC1CCN(C(=O)c2cnc3ccccc3c2C(F)(F)F)CC1)N1CCCC1. The number of benzene rings is 1. The maximum Gasteiger partial charge on any atom is 0.417 e. The van der Waals surface area contributed by atoms with Crippen LogP contribution in [0.2, 0.25) is 0 Å². The fraction of sp³-hybridized carbons (Fsp3) is 0.500. The molecular weight excluding hydrogens is 395 g/mol. The van der Waals surface area contributed by atoms with Crippen LogP contribution in [-0.2, 0) is 11.0 Å². The summed E-state index contributed by atoms with van der Waals surface area (Å²) in [5.74, 6) is -0.334. The minimum atomic E-state index is -4.66. The Labute approximate surface area is 172 Å². The molecule has 1 aromatic heterocycles. The van der Waals surface area contributed by atoms with Crippen molar-refractivity contribution in [2.45, 2.75) is 38.3 Å². The average Bonchev–Trinajstić information content (AvgIpc) is 3.27. The van der Waals surface area contributed by atoms with Crippen LogP contribution in [-0.4, -0.2) is 52.8 Å². The molecule has 0 bridgehead atoms. The van der Waals surface area contributed by atoms with E-state index < -0.39 is 23.2 Å². The molecule has 2 saturated heterocycles. The van der Waals surface area contributed by atoms with Crippen LogP contribution in [0.4, 0.5) is 13.2 Å². The van der Waals surface area contributed by atoms with E-state index in [1.165, 1.54) is 23.1 Å². The van der Waals surface area contributed by atoms with E-state index in [1.54, 1.807) is 6.07 Å². The first kappa shape index (κ1) is 20.6. The molecule has 0 radical (unpaired) electrons. The molecule has 0 atom stereocenters. The van der Waals surface area contributed by atoms with Crippen molar-refractivity contribution in [2.24, 2.45) is 5.92 Å². The fourth-order valence-corrected chi connectivity index (χ4v) is 4.46. The van der Waals surface area contributed by atoms with E-state index in [9.17, 15) is 22.8 Å². The lowest BCUT2D eigenvalue weighted by Crippen LogP contribution is -2.40. The van der Waals surface area contributed by atoms with Crippen molar-refractivity contribution in [3.05, 3.63) is 41.6 Å². The number of halogens is 3. The highest BCUT2D eigenvalue weighted by Crippen LogP contribution is 2.37. The van der Waals surface area contributed by atoms with Gasteiger partial charge < -0.3 is 9.80 Å². The topological polar surface area (TPSA) is 53.5 Å². The summed E-state index contributed by atoms with van der Waals surface area (Å²) in [7, 11) is 0. The van der Waals surface area contributed by atoms with Gasteiger partial charge in [0.15, 0.2) is 0 Å². The van der Waals surface area contributed by atoms with Crippen LogP contribution in [0, 0.1) is 5.92 Å². The van der Waals surface area contributed by atoms with Crippen LogP contribution in [0.3, 0.4) is 0 Å². The van der Waals surface area contributed by atoms with Gasteiger partial charge in [-0.05, 0) is 37.7 Å². The Morgan fingerprint density at radius 2 is 1.67 bits per heavy atom. The summed E-state index contributed by atoms with van der Waals surface area (Å²) in [5.41, 5.74) is -1.13. The van der Waals surface area contributed by atoms with E-state index in [1.807, 2.05) is 4.90 Å². The number of alkyl halides is 3. The zero-order chi connectivity index (χ0) is 21.3. The molecule has 2 amide bonds. The third-order valence-corrected chi connectivity index (χ3v) is 6.11. The largest absolute Gasteiger partial charge is 0.417 e. The number of hydrogen-bond donors (Lipinski definition) is 0. The minimum absolute atomic E-state index is 0.0676. The molecule has 0 N–H and O–H groups in total. The number of para-hydroxylation sites is 1. The van der Waals surface area contributed by atoms with E-state index >= 15 is 0 Å². The minimum Gasteiger partial charge on any atom is -0.343 e. The average molecular weight is 419 g/mol. The maximum absolute atomic E-state index is 13.8. The second kappa shape index (κ2) is 8.24. The Balaban J connectivity index is 1.48. The van der Waals surface area contributed by atoms with Crippen LogP contribution in [0.1, 0.15) is 48.0 Å². The summed E-state index contributed by atoms with van der Waals surface area (Å²) < 4.78 is 41.5. The Hall–Kier alpha value is -2.64. The van der Waals surface area contributed by atoms with Crippen LogP contribution < -0.4 is 0 Å². The molecular formula is C22H24F3N3O2. The van der Waals surface area contributed by atoms with Crippen molar-refractivity contribution in [3.63, 3.8) is 0 Å². The van der Waals surface area contributed by atoms with Gasteiger partial charge in [-0.1, -0.05) is 18.2 Å². The third-order valence-electron chi connectivity index (χ3n) is 6.11. The molecule has 2 aliphatic rings. The normalized spacial score (nSPS) is 18.2. The van der Waals surface area contributed by atoms with Gasteiger partial charge in [-0.3, -0.25) is 14.6 Å². The Kier molecular flexibility index (Phi) is 5.66. The van der Waals surface area contributed by atoms with E-state index in [-0.39, 0.29) is 22.7 Å². The highest BCUT2D eigenvalue weighted by Gasteiger charge is 2.39. The van der Waals surface area contributed by atoms with Crippen LogP contribution in [0.5, 0.6) is 0 Å². The maximum atomic E-state index is 13.8. The summed E-state index contributed by atoms with van der Waals surface area (Å²) in [6.07, 6.45) is 0.152. The summed E-state index contributed by atoms with van der Waals surface area (Å²) in [4.78, 5) is 32.7. The van der Waals surface area contributed by atoms with Gasteiger partial charge in [0.2, 0.25) is 5.91 Å². The zero-order valence-electron chi connectivity index (χ0n) is 16.6. The van der Waals surface area contributed by atoms with Crippen LogP contribution in [0.15, 0.2) is 30.5 Å². The summed E-state index contributed by atoms with van der Waals surface area (Å²) in [5, 5.41) is -0.0676. The molecule has 30 heavy (non-hydrogen) atoms. The molecule has 5 nitrogen and oxygen atoms in total. The lowest BCUT2D eigenvalue weighted by Gasteiger charge is -2.33. The Bertz CT molecular complexity index is 946. The first-order valence-corrected chi connectivity index (χ1v) is 10.4. The fourth-order valence-electron chi connectivity index (χ4n) is 4.46. The summed E-state index contributed by atoms with van der Waals surface area (Å²) in [6.45, 7) is 2.32. The van der Waals surface area contributed by atoms with Gasteiger partial charge in [0.05, 0.1) is 16.6 Å². The van der Waals surface area contributed by atoms with Gasteiger partial charge in [-0.25, -0.2) is 0 Å². The van der Waals surface area contributed by atoms with Gasteiger partial charge in [0.25, 0.3) is 5.91 Å². The molecule has 4 rings (SSSR count).